The molecule has 74 valence electrons. The van der Waals surface area contributed by atoms with Crippen LogP contribution < -0.4 is 11.1 Å². The van der Waals surface area contributed by atoms with Gasteiger partial charge in [-0.05, 0) is 25.1 Å². The Bertz CT molecular complexity index is 357. The summed E-state index contributed by atoms with van der Waals surface area (Å²) >= 11 is 5.76. The van der Waals surface area contributed by atoms with Gasteiger partial charge in [0.25, 0.3) is 0 Å². The summed E-state index contributed by atoms with van der Waals surface area (Å²) in [5.74, 6) is 0. The van der Waals surface area contributed by atoms with Gasteiger partial charge in [0.05, 0.1) is 11.3 Å². The van der Waals surface area contributed by atoms with E-state index >= 15 is 0 Å². The second kappa shape index (κ2) is 4.85. The molecule has 0 fully saturated rings. The van der Waals surface area contributed by atoms with E-state index in [-0.39, 0.29) is 6.04 Å². The normalized spacial score (nSPS) is 11.9. The van der Waals surface area contributed by atoms with Crippen molar-refractivity contribution in [1.82, 2.24) is 0 Å². The van der Waals surface area contributed by atoms with Gasteiger partial charge in [-0.3, -0.25) is 0 Å². The molecule has 1 rings (SSSR count). The van der Waals surface area contributed by atoms with E-state index in [9.17, 15) is 0 Å². The van der Waals surface area contributed by atoms with Crippen molar-refractivity contribution in [2.24, 2.45) is 5.73 Å². The lowest BCUT2D eigenvalue weighted by molar-refractivity contribution is 0.803. The standard InChI is InChI=1S/C10H12ClN3/c1-7(5-12)14-10-3-2-9(11)4-8(10)6-13/h2-4,7,14H,5,12H2,1H3. The number of anilines is 1. The fourth-order valence-corrected chi connectivity index (χ4v) is 1.23. The zero-order valence-electron chi connectivity index (χ0n) is 7.92. The van der Waals surface area contributed by atoms with E-state index in [4.69, 9.17) is 22.6 Å². The Morgan fingerprint density at radius 3 is 2.93 bits per heavy atom. The molecule has 3 N–H and O–H groups in total. The molecule has 0 bridgehead atoms. The summed E-state index contributed by atoms with van der Waals surface area (Å²) in [6.07, 6.45) is 0. The summed E-state index contributed by atoms with van der Waals surface area (Å²) in [4.78, 5) is 0. The van der Waals surface area contributed by atoms with Crippen LogP contribution >= 0.6 is 11.6 Å². The molecule has 14 heavy (non-hydrogen) atoms. The van der Waals surface area contributed by atoms with Crippen LogP contribution in [0.5, 0.6) is 0 Å². The van der Waals surface area contributed by atoms with Crippen LogP contribution in [0.25, 0.3) is 0 Å². The lowest BCUT2D eigenvalue weighted by atomic mass is 10.2. The molecule has 0 aromatic heterocycles. The predicted molar refractivity (Wildman–Crippen MR) is 58.3 cm³/mol. The first-order chi connectivity index (χ1) is 6.67. The van der Waals surface area contributed by atoms with Crippen LogP contribution in [0.1, 0.15) is 12.5 Å². The molecule has 0 amide bonds. The van der Waals surface area contributed by atoms with Crippen LogP contribution in [-0.4, -0.2) is 12.6 Å². The van der Waals surface area contributed by atoms with Crippen LogP contribution in [0.3, 0.4) is 0 Å². The third-order valence-electron chi connectivity index (χ3n) is 1.86. The van der Waals surface area contributed by atoms with Gasteiger partial charge in [-0.15, -0.1) is 0 Å². The van der Waals surface area contributed by atoms with E-state index in [0.717, 1.165) is 5.69 Å². The molecule has 0 heterocycles. The first-order valence-electron chi connectivity index (χ1n) is 4.33. The number of halogens is 1. The van der Waals surface area contributed by atoms with E-state index in [2.05, 4.69) is 11.4 Å². The van der Waals surface area contributed by atoms with Crippen molar-refractivity contribution in [2.45, 2.75) is 13.0 Å². The Hall–Kier alpha value is -1.24. The van der Waals surface area contributed by atoms with Gasteiger partial charge < -0.3 is 11.1 Å². The summed E-state index contributed by atoms with van der Waals surface area (Å²) < 4.78 is 0. The SMILES string of the molecule is CC(CN)Nc1ccc(Cl)cc1C#N. The summed E-state index contributed by atoms with van der Waals surface area (Å²) in [7, 11) is 0. The molecular formula is C10H12ClN3. The largest absolute Gasteiger partial charge is 0.380 e. The molecular weight excluding hydrogens is 198 g/mol. The third-order valence-corrected chi connectivity index (χ3v) is 2.09. The minimum Gasteiger partial charge on any atom is -0.380 e. The summed E-state index contributed by atoms with van der Waals surface area (Å²) in [6.45, 7) is 2.48. The van der Waals surface area contributed by atoms with E-state index < -0.39 is 0 Å². The van der Waals surface area contributed by atoms with Crippen LogP contribution in [0.2, 0.25) is 5.02 Å². The van der Waals surface area contributed by atoms with Gasteiger partial charge in [0.15, 0.2) is 0 Å². The number of rotatable bonds is 3. The average Bonchev–Trinajstić information content (AvgIpc) is 2.20. The number of hydrogen-bond donors (Lipinski definition) is 2. The van der Waals surface area contributed by atoms with Crippen LogP contribution in [-0.2, 0) is 0 Å². The lowest BCUT2D eigenvalue weighted by Crippen LogP contribution is -2.25. The molecule has 0 saturated heterocycles. The molecule has 3 nitrogen and oxygen atoms in total. The predicted octanol–water partition coefficient (Wildman–Crippen LogP) is 1.97. The summed E-state index contributed by atoms with van der Waals surface area (Å²) in [6, 6.07) is 7.38. The maximum absolute atomic E-state index is 8.85. The minimum absolute atomic E-state index is 0.142. The highest BCUT2D eigenvalue weighted by Gasteiger charge is 2.05. The van der Waals surface area contributed by atoms with Crippen molar-refractivity contribution in [3.8, 4) is 6.07 Å². The van der Waals surface area contributed by atoms with Crippen molar-refractivity contribution >= 4 is 17.3 Å². The molecule has 0 spiro atoms. The fraction of sp³-hybridized carbons (Fsp3) is 0.300. The molecule has 4 heteroatoms. The Morgan fingerprint density at radius 1 is 1.64 bits per heavy atom. The Labute approximate surface area is 88.5 Å². The second-order valence-corrected chi connectivity index (χ2v) is 3.52. The van der Waals surface area contributed by atoms with Gasteiger partial charge in [0, 0.05) is 17.6 Å². The number of hydrogen-bond acceptors (Lipinski definition) is 3. The number of nitrogens with zero attached hydrogens (tertiary/aromatic N) is 1. The highest BCUT2D eigenvalue weighted by Crippen LogP contribution is 2.20. The average molecular weight is 210 g/mol. The third kappa shape index (κ3) is 2.63. The first kappa shape index (κ1) is 10.8. The summed E-state index contributed by atoms with van der Waals surface area (Å²) in [5.41, 5.74) is 6.78. The molecule has 0 radical (unpaired) electrons. The van der Waals surface area contributed by atoms with Gasteiger partial charge in [0.1, 0.15) is 6.07 Å². The van der Waals surface area contributed by atoms with E-state index in [1.807, 2.05) is 6.92 Å². The van der Waals surface area contributed by atoms with Gasteiger partial charge in [-0.2, -0.15) is 5.26 Å². The number of nitrogens with two attached hydrogens (primary N) is 1. The van der Waals surface area contributed by atoms with Gasteiger partial charge >= 0.3 is 0 Å². The van der Waals surface area contributed by atoms with Crippen LogP contribution in [0.15, 0.2) is 18.2 Å². The number of nitriles is 1. The fourth-order valence-electron chi connectivity index (χ4n) is 1.06. The smallest absolute Gasteiger partial charge is 0.101 e. The van der Waals surface area contributed by atoms with Crippen molar-refractivity contribution in [3.63, 3.8) is 0 Å². The van der Waals surface area contributed by atoms with Crippen molar-refractivity contribution in [3.05, 3.63) is 28.8 Å². The van der Waals surface area contributed by atoms with Crippen molar-refractivity contribution < 1.29 is 0 Å². The molecule has 1 aromatic rings. The molecule has 0 aliphatic rings. The van der Waals surface area contributed by atoms with Gasteiger partial charge in [-0.1, -0.05) is 11.6 Å². The molecule has 0 saturated carbocycles. The maximum Gasteiger partial charge on any atom is 0.101 e. The Kier molecular flexibility index (Phi) is 3.75. The molecule has 1 unspecified atom stereocenters. The monoisotopic (exact) mass is 209 g/mol. The van der Waals surface area contributed by atoms with Crippen molar-refractivity contribution in [2.75, 3.05) is 11.9 Å². The first-order valence-corrected chi connectivity index (χ1v) is 4.71. The molecule has 0 aliphatic carbocycles. The topological polar surface area (TPSA) is 61.8 Å². The van der Waals surface area contributed by atoms with E-state index in [1.54, 1.807) is 18.2 Å². The molecule has 0 aliphatic heterocycles. The summed E-state index contributed by atoms with van der Waals surface area (Å²) in [5, 5.41) is 12.5. The van der Waals surface area contributed by atoms with Crippen molar-refractivity contribution in [1.29, 1.82) is 5.26 Å². The lowest BCUT2D eigenvalue weighted by Gasteiger charge is -2.13. The zero-order chi connectivity index (χ0) is 10.6. The highest BCUT2D eigenvalue weighted by atomic mass is 35.5. The second-order valence-electron chi connectivity index (χ2n) is 3.08. The maximum atomic E-state index is 8.85. The Morgan fingerprint density at radius 2 is 2.36 bits per heavy atom. The number of benzene rings is 1. The number of nitrogens with one attached hydrogen (secondary N) is 1. The van der Waals surface area contributed by atoms with E-state index in [0.29, 0.717) is 17.1 Å². The van der Waals surface area contributed by atoms with Gasteiger partial charge in [-0.25, -0.2) is 0 Å². The zero-order valence-corrected chi connectivity index (χ0v) is 8.67. The van der Waals surface area contributed by atoms with Crippen LogP contribution in [0.4, 0.5) is 5.69 Å². The quantitative estimate of drug-likeness (QED) is 0.800. The molecule has 1 atom stereocenters. The highest BCUT2D eigenvalue weighted by molar-refractivity contribution is 6.30. The molecule has 1 aromatic carbocycles. The Balaban J connectivity index is 2.92. The van der Waals surface area contributed by atoms with Gasteiger partial charge in [0.2, 0.25) is 0 Å². The minimum atomic E-state index is 0.142. The van der Waals surface area contributed by atoms with Crippen LogP contribution in [0, 0.1) is 11.3 Å². The van der Waals surface area contributed by atoms with E-state index in [1.165, 1.54) is 0 Å².